The predicted octanol–water partition coefficient (Wildman–Crippen LogP) is 3.88. The number of ether oxygens (including phenoxy) is 1. The van der Waals surface area contributed by atoms with Gasteiger partial charge in [-0.05, 0) is 23.6 Å². The third-order valence-electron chi connectivity index (χ3n) is 3.10. The first-order chi connectivity index (χ1) is 9.50. The van der Waals surface area contributed by atoms with E-state index in [0.717, 1.165) is 18.1 Å². The average molecular weight is 279 g/mol. The molecule has 0 saturated heterocycles. The van der Waals surface area contributed by atoms with Gasteiger partial charge >= 0.3 is 6.98 Å². The first-order valence-corrected chi connectivity index (χ1v) is 6.50. The molecule has 0 heterocycles. The van der Waals surface area contributed by atoms with Gasteiger partial charge in [0.15, 0.2) is 0 Å². The molecule has 0 bridgehead atoms. The first kappa shape index (κ1) is 14.5. The van der Waals surface area contributed by atoms with Crippen LogP contribution in [0.15, 0.2) is 48.5 Å². The molecule has 106 valence electrons. The van der Waals surface area contributed by atoms with Gasteiger partial charge in [-0.2, -0.15) is 0 Å². The molecule has 0 aliphatic rings. The Hall–Kier alpha value is -1.91. The van der Waals surface area contributed by atoms with Gasteiger partial charge in [-0.15, -0.1) is 0 Å². The van der Waals surface area contributed by atoms with Crippen molar-refractivity contribution in [1.82, 2.24) is 0 Å². The van der Waals surface area contributed by atoms with Crippen LogP contribution in [0.2, 0.25) is 0 Å². The van der Waals surface area contributed by atoms with Gasteiger partial charge < -0.3 is 17.7 Å². The molecule has 2 aromatic rings. The van der Waals surface area contributed by atoms with Crippen molar-refractivity contribution in [2.75, 3.05) is 0 Å². The molecular formula is C15H15BF3O-. The molecule has 2 rings (SSSR count). The normalized spacial score (nSPS) is 11.4. The van der Waals surface area contributed by atoms with Gasteiger partial charge in [-0.25, -0.2) is 0 Å². The van der Waals surface area contributed by atoms with Crippen LogP contribution in [0.4, 0.5) is 12.9 Å². The van der Waals surface area contributed by atoms with Gasteiger partial charge in [-0.3, -0.25) is 0 Å². The summed E-state index contributed by atoms with van der Waals surface area (Å²) in [6.07, 6.45) is 0.931. The lowest BCUT2D eigenvalue weighted by molar-refractivity contribution is 0.307. The van der Waals surface area contributed by atoms with Crippen LogP contribution in [0.5, 0.6) is 5.75 Å². The fourth-order valence-corrected chi connectivity index (χ4v) is 1.91. The summed E-state index contributed by atoms with van der Waals surface area (Å²) >= 11 is 0. The van der Waals surface area contributed by atoms with E-state index >= 15 is 0 Å². The van der Waals surface area contributed by atoms with E-state index in [2.05, 4.69) is 0 Å². The Bertz CT molecular complexity index is 564. The Balaban J connectivity index is 2.10. The number of aryl methyl sites for hydroxylation is 1. The summed E-state index contributed by atoms with van der Waals surface area (Å²) in [5.74, 6) is -0.112. The Morgan fingerprint density at radius 2 is 1.50 bits per heavy atom. The molecule has 0 aliphatic heterocycles. The summed E-state index contributed by atoms with van der Waals surface area (Å²) < 4.78 is 43.9. The molecule has 2 aromatic carbocycles. The van der Waals surface area contributed by atoms with Crippen molar-refractivity contribution in [3.63, 3.8) is 0 Å². The maximum atomic E-state index is 12.9. The molecule has 0 atom stereocenters. The largest absolute Gasteiger partial charge is 0.513 e. The van der Waals surface area contributed by atoms with Crippen LogP contribution >= 0.6 is 0 Å². The SMILES string of the molecule is CCc1ccc(COc2ccccc2[B-](F)(F)F)cc1. The van der Waals surface area contributed by atoms with Crippen LogP contribution in [-0.2, 0) is 13.0 Å². The molecule has 1 nitrogen and oxygen atoms in total. The molecule has 0 N–H and O–H groups in total. The fourth-order valence-electron chi connectivity index (χ4n) is 1.91. The number of para-hydroxylation sites is 1. The lowest BCUT2D eigenvalue weighted by Gasteiger charge is -2.19. The van der Waals surface area contributed by atoms with Gasteiger partial charge in [0.25, 0.3) is 0 Å². The van der Waals surface area contributed by atoms with E-state index in [-0.39, 0.29) is 12.4 Å². The minimum atomic E-state index is -5.06. The minimum absolute atomic E-state index is 0.112. The highest BCUT2D eigenvalue weighted by Gasteiger charge is 2.28. The molecular weight excluding hydrogens is 264 g/mol. The number of benzene rings is 2. The lowest BCUT2D eigenvalue weighted by atomic mass is 9.79. The average Bonchev–Trinajstić information content (AvgIpc) is 2.45. The van der Waals surface area contributed by atoms with Crippen molar-refractivity contribution in [1.29, 1.82) is 0 Å². The molecule has 20 heavy (non-hydrogen) atoms. The van der Waals surface area contributed by atoms with Crippen LogP contribution in [0.1, 0.15) is 18.1 Å². The molecule has 0 saturated carbocycles. The first-order valence-electron chi connectivity index (χ1n) is 6.50. The standard InChI is InChI=1S/C15H15BF3O/c1-2-12-7-9-13(10-8-12)11-20-15-6-4-3-5-14(15)16(17,18)19/h3-10H,2,11H2,1H3/q-1. The molecule has 0 spiro atoms. The van der Waals surface area contributed by atoms with Gasteiger partial charge in [0.2, 0.25) is 0 Å². The second kappa shape index (κ2) is 6.03. The van der Waals surface area contributed by atoms with E-state index in [1.807, 2.05) is 31.2 Å². The van der Waals surface area contributed by atoms with Crippen LogP contribution < -0.4 is 10.2 Å². The Morgan fingerprint density at radius 1 is 0.900 bits per heavy atom. The second-order valence-electron chi connectivity index (χ2n) is 4.57. The highest BCUT2D eigenvalue weighted by Crippen LogP contribution is 2.18. The third-order valence-corrected chi connectivity index (χ3v) is 3.10. The number of hydrogen-bond acceptors (Lipinski definition) is 1. The summed E-state index contributed by atoms with van der Waals surface area (Å²) in [4.78, 5) is 0. The van der Waals surface area contributed by atoms with Crippen LogP contribution in [0, 0.1) is 0 Å². The summed E-state index contributed by atoms with van der Waals surface area (Å²) in [7, 11) is 0. The molecule has 0 unspecified atom stereocenters. The van der Waals surface area contributed by atoms with Gasteiger partial charge in [0, 0.05) is 0 Å². The summed E-state index contributed by atoms with van der Waals surface area (Å²) in [6.45, 7) is -2.87. The smallest absolute Gasteiger partial charge is 0.492 e. The fraction of sp³-hybridized carbons (Fsp3) is 0.200. The van der Waals surface area contributed by atoms with Crippen molar-refractivity contribution in [3.8, 4) is 5.75 Å². The molecule has 0 aromatic heterocycles. The zero-order valence-electron chi connectivity index (χ0n) is 11.2. The Morgan fingerprint density at radius 3 is 2.10 bits per heavy atom. The monoisotopic (exact) mass is 279 g/mol. The van der Waals surface area contributed by atoms with E-state index in [9.17, 15) is 12.9 Å². The summed E-state index contributed by atoms with van der Waals surface area (Å²) in [5.41, 5.74) is 1.36. The minimum Gasteiger partial charge on any atom is -0.492 e. The predicted molar refractivity (Wildman–Crippen MR) is 75.3 cm³/mol. The highest BCUT2D eigenvalue weighted by atomic mass is 19.4. The summed E-state index contributed by atoms with van der Waals surface area (Å²) in [5, 5.41) is 0. The Labute approximate surface area is 116 Å². The van der Waals surface area contributed by atoms with Crippen LogP contribution in [-0.4, -0.2) is 6.98 Å². The van der Waals surface area contributed by atoms with Crippen molar-refractivity contribution < 1.29 is 17.7 Å². The molecule has 0 radical (unpaired) electrons. The van der Waals surface area contributed by atoms with Crippen molar-refractivity contribution in [2.24, 2.45) is 0 Å². The quantitative estimate of drug-likeness (QED) is 0.755. The molecule has 0 fully saturated rings. The lowest BCUT2D eigenvalue weighted by Crippen LogP contribution is -2.35. The Kier molecular flexibility index (Phi) is 4.37. The van der Waals surface area contributed by atoms with Crippen molar-refractivity contribution in [3.05, 3.63) is 59.7 Å². The summed E-state index contributed by atoms with van der Waals surface area (Å²) in [6, 6.07) is 13.0. The maximum Gasteiger partial charge on any atom is 0.513 e. The van der Waals surface area contributed by atoms with Gasteiger partial charge in [0.05, 0.1) is 5.75 Å². The third kappa shape index (κ3) is 3.56. The van der Waals surface area contributed by atoms with Crippen LogP contribution in [0.3, 0.4) is 0 Å². The topological polar surface area (TPSA) is 9.23 Å². The van der Waals surface area contributed by atoms with Crippen molar-refractivity contribution in [2.45, 2.75) is 20.0 Å². The zero-order chi connectivity index (χ0) is 14.6. The van der Waals surface area contributed by atoms with Gasteiger partial charge in [-0.1, -0.05) is 54.9 Å². The molecule has 0 amide bonds. The van der Waals surface area contributed by atoms with E-state index in [1.54, 1.807) is 6.07 Å². The zero-order valence-corrected chi connectivity index (χ0v) is 11.2. The number of hydrogen-bond donors (Lipinski definition) is 0. The number of rotatable bonds is 5. The van der Waals surface area contributed by atoms with E-state index in [4.69, 9.17) is 4.74 Å². The second-order valence-corrected chi connectivity index (χ2v) is 4.57. The van der Waals surface area contributed by atoms with Crippen molar-refractivity contribution >= 4 is 12.4 Å². The highest BCUT2D eigenvalue weighted by molar-refractivity contribution is 6.74. The molecule has 0 aliphatic carbocycles. The molecule has 5 heteroatoms. The van der Waals surface area contributed by atoms with Gasteiger partial charge in [0.1, 0.15) is 6.61 Å². The van der Waals surface area contributed by atoms with E-state index in [0.29, 0.717) is 0 Å². The van der Waals surface area contributed by atoms with E-state index < -0.39 is 12.4 Å². The van der Waals surface area contributed by atoms with Crippen LogP contribution in [0.25, 0.3) is 0 Å². The number of halogens is 3. The maximum absolute atomic E-state index is 12.9. The van der Waals surface area contributed by atoms with E-state index in [1.165, 1.54) is 17.7 Å².